The molecule has 2 heterocycles. The number of hydrogen-bond donors (Lipinski definition) is 2. The predicted molar refractivity (Wildman–Crippen MR) is 142 cm³/mol. The third kappa shape index (κ3) is 8.93. The maximum absolute atomic E-state index is 13.5. The molecule has 33 heavy (non-hydrogen) atoms. The SMILES string of the molecule is CCNC(=NCC(C(C)C)N1CCOCC1)NCC(c1ccc(F)cc1)N1CCOCC1.I. The van der Waals surface area contributed by atoms with Crippen molar-refractivity contribution in [2.75, 3.05) is 72.2 Å². The van der Waals surface area contributed by atoms with Gasteiger partial charge in [0.1, 0.15) is 5.82 Å². The van der Waals surface area contributed by atoms with Crippen molar-refractivity contribution in [3.63, 3.8) is 0 Å². The van der Waals surface area contributed by atoms with E-state index in [0.29, 0.717) is 18.5 Å². The number of rotatable bonds is 9. The number of nitrogens with one attached hydrogen (secondary N) is 2. The van der Waals surface area contributed by atoms with E-state index in [2.05, 4.69) is 41.2 Å². The van der Waals surface area contributed by atoms with Gasteiger partial charge in [-0.05, 0) is 30.5 Å². The molecule has 0 amide bonds. The molecule has 2 aliphatic rings. The molecule has 2 aliphatic heterocycles. The molecule has 9 heteroatoms. The lowest BCUT2D eigenvalue weighted by Gasteiger charge is -2.36. The smallest absolute Gasteiger partial charge is 0.191 e. The van der Waals surface area contributed by atoms with Gasteiger partial charge < -0.3 is 20.1 Å². The molecule has 0 aromatic heterocycles. The summed E-state index contributed by atoms with van der Waals surface area (Å²) in [6, 6.07) is 7.36. The second-order valence-corrected chi connectivity index (χ2v) is 8.78. The Labute approximate surface area is 215 Å². The van der Waals surface area contributed by atoms with E-state index < -0.39 is 0 Å². The van der Waals surface area contributed by atoms with Crippen LogP contribution in [0.2, 0.25) is 0 Å². The van der Waals surface area contributed by atoms with Crippen molar-refractivity contribution in [2.24, 2.45) is 10.9 Å². The monoisotopic (exact) mass is 577 g/mol. The molecule has 3 rings (SSSR count). The van der Waals surface area contributed by atoms with Crippen LogP contribution in [0.4, 0.5) is 4.39 Å². The maximum atomic E-state index is 13.5. The summed E-state index contributed by atoms with van der Waals surface area (Å²) < 4.78 is 24.6. The van der Waals surface area contributed by atoms with Crippen molar-refractivity contribution in [3.8, 4) is 0 Å². The van der Waals surface area contributed by atoms with Crippen LogP contribution >= 0.6 is 24.0 Å². The molecule has 2 N–H and O–H groups in total. The highest BCUT2D eigenvalue weighted by molar-refractivity contribution is 14.0. The largest absolute Gasteiger partial charge is 0.379 e. The second kappa shape index (κ2) is 15.1. The zero-order valence-electron chi connectivity index (χ0n) is 20.3. The molecule has 2 unspecified atom stereocenters. The van der Waals surface area contributed by atoms with E-state index in [-0.39, 0.29) is 35.8 Å². The van der Waals surface area contributed by atoms with Crippen LogP contribution in [0.1, 0.15) is 32.4 Å². The van der Waals surface area contributed by atoms with Crippen LogP contribution in [0.5, 0.6) is 0 Å². The van der Waals surface area contributed by atoms with E-state index in [4.69, 9.17) is 14.5 Å². The quantitative estimate of drug-likeness (QED) is 0.268. The Kier molecular flexibility index (Phi) is 12.9. The van der Waals surface area contributed by atoms with Gasteiger partial charge >= 0.3 is 0 Å². The number of benzene rings is 1. The molecular formula is C24H41FIN5O2. The maximum Gasteiger partial charge on any atom is 0.191 e. The highest BCUT2D eigenvalue weighted by Crippen LogP contribution is 2.22. The van der Waals surface area contributed by atoms with Crippen molar-refractivity contribution < 1.29 is 13.9 Å². The van der Waals surface area contributed by atoms with Crippen molar-refractivity contribution in [1.29, 1.82) is 0 Å². The number of halogens is 2. The summed E-state index contributed by atoms with van der Waals surface area (Å²) in [7, 11) is 0. The van der Waals surface area contributed by atoms with Crippen molar-refractivity contribution in [3.05, 3.63) is 35.6 Å². The van der Waals surface area contributed by atoms with E-state index in [1.165, 1.54) is 12.1 Å². The fourth-order valence-corrected chi connectivity index (χ4v) is 4.41. The fourth-order valence-electron chi connectivity index (χ4n) is 4.41. The highest BCUT2D eigenvalue weighted by atomic mass is 127. The molecular weight excluding hydrogens is 536 g/mol. The lowest BCUT2D eigenvalue weighted by Crippen LogP contribution is -2.49. The Morgan fingerprint density at radius 2 is 1.55 bits per heavy atom. The first-order chi connectivity index (χ1) is 15.6. The van der Waals surface area contributed by atoms with Crippen LogP contribution in [0.25, 0.3) is 0 Å². The molecule has 0 aliphatic carbocycles. The third-order valence-electron chi connectivity index (χ3n) is 6.27. The third-order valence-corrected chi connectivity index (χ3v) is 6.27. The number of ether oxygens (including phenoxy) is 2. The van der Waals surface area contributed by atoms with Crippen LogP contribution in [-0.4, -0.2) is 94.0 Å². The van der Waals surface area contributed by atoms with Crippen LogP contribution in [0.3, 0.4) is 0 Å². The molecule has 0 saturated carbocycles. The van der Waals surface area contributed by atoms with Crippen molar-refractivity contribution in [1.82, 2.24) is 20.4 Å². The molecule has 1 aromatic rings. The molecule has 2 fully saturated rings. The van der Waals surface area contributed by atoms with Gasteiger partial charge in [-0.1, -0.05) is 26.0 Å². The normalized spacial score (nSPS) is 20.2. The topological polar surface area (TPSA) is 61.4 Å². The molecule has 1 aromatic carbocycles. The highest BCUT2D eigenvalue weighted by Gasteiger charge is 2.25. The molecule has 0 spiro atoms. The molecule has 2 saturated heterocycles. The lowest BCUT2D eigenvalue weighted by atomic mass is 10.0. The summed E-state index contributed by atoms with van der Waals surface area (Å²) in [6.45, 7) is 15.5. The van der Waals surface area contributed by atoms with Gasteiger partial charge in [0, 0.05) is 45.3 Å². The Morgan fingerprint density at radius 1 is 0.970 bits per heavy atom. The zero-order valence-corrected chi connectivity index (χ0v) is 22.6. The van der Waals surface area contributed by atoms with Gasteiger partial charge in [0.15, 0.2) is 5.96 Å². The standard InChI is InChI=1S/C24H40FN5O2.HI/c1-4-26-24(27-17-22(19(2)3)29-9-13-31-14-10-29)28-18-23(30-11-15-32-16-12-30)20-5-7-21(25)8-6-20;/h5-8,19,22-23H,4,9-18H2,1-3H3,(H2,26,27,28);1H. The van der Waals surface area contributed by atoms with E-state index >= 15 is 0 Å². The van der Waals surface area contributed by atoms with Crippen molar-refractivity contribution >= 4 is 29.9 Å². The Hall–Kier alpha value is -1.01. The Morgan fingerprint density at radius 3 is 2.09 bits per heavy atom. The molecule has 7 nitrogen and oxygen atoms in total. The number of morpholine rings is 2. The number of guanidine groups is 1. The van der Waals surface area contributed by atoms with E-state index in [9.17, 15) is 4.39 Å². The Bertz CT molecular complexity index is 695. The lowest BCUT2D eigenvalue weighted by molar-refractivity contribution is 0.00865. The first kappa shape index (κ1) is 28.2. The number of aliphatic imine (C=N–C) groups is 1. The average molecular weight is 578 g/mol. The van der Waals surface area contributed by atoms with Crippen LogP contribution < -0.4 is 10.6 Å². The van der Waals surface area contributed by atoms with Crippen LogP contribution in [0, 0.1) is 11.7 Å². The fraction of sp³-hybridized carbons (Fsp3) is 0.708. The molecule has 188 valence electrons. The number of nitrogens with zero attached hydrogens (tertiary/aromatic N) is 3. The minimum Gasteiger partial charge on any atom is -0.379 e. The first-order valence-electron chi connectivity index (χ1n) is 12.0. The minimum atomic E-state index is -0.208. The Balaban J connectivity index is 0.00000385. The van der Waals surface area contributed by atoms with Crippen molar-refractivity contribution in [2.45, 2.75) is 32.9 Å². The van der Waals surface area contributed by atoms with Gasteiger partial charge in [-0.25, -0.2) is 4.39 Å². The second-order valence-electron chi connectivity index (χ2n) is 8.78. The van der Waals surface area contributed by atoms with Gasteiger partial charge in [0.2, 0.25) is 0 Å². The minimum absolute atomic E-state index is 0. The van der Waals surface area contributed by atoms with E-state index in [1.807, 2.05) is 12.1 Å². The summed E-state index contributed by atoms with van der Waals surface area (Å²) in [5.74, 6) is 1.13. The molecule has 2 atom stereocenters. The predicted octanol–water partition coefficient (Wildman–Crippen LogP) is 2.73. The first-order valence-corrected chi connectivity index (χ1v) is 12.0. The van der Waals surface area contributed by atoms with E-state index in [0.717, 1.165) is 77.2 Å². The van der Waals surface area contributed by atoms with Crippen LogP contribution in [0.15, 0.2) is 29.3 Å². The van der Waals surface area contributed by atoms with Gasteiger partial charge in [-0.3, -0.25) is 14.8 Å². The number of hydrogen-bond acceptors (Lipinski definition) is 5. The van der Waals surface area contributed by atoms with Gasteiger partial charge in [0.25, 0.3) is 0 Å². The summed E-state index contributed by atoms with van der Waals surface area (Å²) in [5.41, 5.74) is 1.10. The van der Waals surface area contributed by atoms with Gasteiger partial charge in [-0.2, -0.15) is 0 Å². The summed E-state index contributed by atoms with van der Waals surface area (Å²) >= 11 is 0. The summed E-state index contributed by atoms with van der Waals surface area (Å²) in [6.07, 6.45) is 0. The van der Waals surface area contributed by atoms with Gasteiger partial charge in [-0.15, -0.1) is 24.0 Å². The summed E-state index contributed by atoms with van der Waals surface area (Å²) in [5, 5.41) is 6.94. The van der Waals surface area contributed by atoms with E-state index in [1.54, 1.807) is 0 Å². The molecule has 0 bridgehead atoms. The van der Waals surface area contributed by atoms with Crippen LogP contribution in [-0.2, 0) is 9.47 Å². The molecule has 0 radical (unpaired) electrons. The van der Waals surface area contributed by atoms with Gasteiger partial charge in [0.05, 0.1) is 39.0 Å². The summed E-state index contributed by atoms with van der Waals surface area (Å²) in [4.78, 5) is 9.84. The zero-order chi connectivity index (χ0) is 22.8. The average Bonchev–Trinajstić information content (AvgIpc) is 2.81.